The van der Waals surface area contributed by atoms with Crippen LogP contribution < -0.4 is 0 Å². The summed E-state index contributed by atoms with van der Waals surface area (Å²) in [5.41, 5.74) is 0.471. The van der Waals surface area contributed by atoms with E-state index in [-0.39, 0.29) is 23.9 Å². The summed E-state index contributed by atoms with van der Waals surface area (Å²) in [6.07, 6.45) is 0.212. The fourth-order valence-corrected chi connectivity index (χ4v) is 1.28. The second-order valence-corrected chi connectivity index (χ2v) is 3.34. The van der Waals surface area contributed by atoms with E-state index < -0.39 is 0 Å². The maximum absolute atomic E-state index is 13.3. The largest absolute Gasteiger partial charge is 0.331 e. The first-order chi connectivity index (χ1) is 7.66. The van der Waals surface area contributed by atoms with Crippen molar-refractivity contribution in [2.24, 2.45) is 0 Å². The van der Waals surface area contributed by atoms with Gasteiger partial charge in [0.2, 0.25) is 5.78 Å². The first kappa shape index (κ1) is 10.5. The smallest absolute Gasteiger partial charge is 0.293 e. The maximum atomic E-state index is 13.3. The Morgan fingerprint density at radius 1 is 1.44 bits per heavy atom. The monoisotopic (exact) mass is 220 g/mol. The van der Waals surface area contributed by atoms with Crippen molar-refractivity contribution in [3.8, 4) is 0 Å². The molecule has 1 aromatic heterocycles. The van der Waals surface area contributed by atoms with Crippen molar-refractivity contribution >= 4 is 5.78 Å². The zero-order chi connectivity index (χ0) is 11.5. The summed E-state index contributed by atoms with van der Waals surface area (Å²) in [5, 5.41) is 3.60. The lowest BCUT2D eigenvalue weighted by molar-refractivity contribution is 0.0972. The van der Waals surface area contributed by atoms with Crippen LogP contribution in [0.3, 0.4) is 0 Å². The topological polar surface area (TPSA) is 56.0 Å². The molecule has 0 aliphatic carbocycles. The van der Waals surface area contributed by atoms with Crippen LogP contribution in [0.15, 0.2) is 28.8 Å². The summed E-state index contributed by atoms with van der Waals surface area (Å²) in [6, 6.07) is 6.33. The van der Waals surface area contributed by atoms with Crippen LogP contribution in [0.2, 0.25) is 0 Å². The van der Waals surface area contributed by atoms with E-state index in [1.54, 1.807) is 18.2 Å². The fourth-order valence-electron chi connectivity index (χ4n) is 1.28. The van der Waals surface area contributed by atoms with E-state index in [9.17, 15) is 9.18 Å². The summed E-state index contributed by atoms with van der Waals surface area (Å²) in [7, 11) is 0. The molecule has 0 spiro atoms. The first-order valence-electron chi connectivity index (χ1n) is 4.74. The number of nitrogens with zero attached hydrogens (tertiary/aromatic N) is 2. The second-order valence-electron chi connectivity index (χ2n) is 3.34. The summed E-state index contributed by atoms with van der Waals surface area (Å²) in [5.74, 6) is -0.370. The van der Waals surface area contributed by atoms with Crippen molar-refractivity contribution < 1.29 is 13.7 Å². The lowest BCUT2D eigenvalue weighted by Crippen LogP contribution is -1.96. The van der Waals surface area contributed by atoms with Gasteiger partial charge >= 0.3 is 0 Å². The molecule has 2 rings (SSSR count). The van der Waals surface area contributed by atoms with Crippen molar-refractivity contribution in [2.75, 3.05) is 0 Å². The van der Waals surface area contributed by atoms with Crippen LogP contribution in [0.5, 0.6) is 0 Å². The van der Waals surface area contributed by atoms with Gasteiger partial charge in [0, 0.05) is 13.3 Å². The zero-order valence-corrected chi connectivity index (χ0v) is 8.61. The molecule has 0 amide bonds. The Morgan fingerprint density at radius 2 is 2.19 bits per heavy atom. The number of rotatable bonds is 3. The molecule has 0 aliphatic heterocycles. The molecule has 1 aromatic carbocycles. The van der Waals surface area contributed by atoms with E-state index in [0.29, 0.717) is 11.4 Å². The molecule has 2 aromatic rings. The molecule has 5 heteroatoms. The highest BCUT2D eigenvalue weighted by Crippen LogP contribution is 2.11. The number of halogens is 1. The van der Waals surface area contributed by atoms with Crippen LogP contribution in [-0.4, -0.2) is 15.9 Å². The van der Waals surface area contributed by atoms with Gasteiger partial charge in [0.25, 0.3) is 5.89 Å². The van der Waals surface area contributed by atoms with E-state index in [0.717, 1.165) is 0 Å². The number of aromatic nitrogens is 2. The van der Waals surface area contributed by atoms with E-state index in [4.69, 9.17) is 4.52 Å². The van der Waals surface area contributed by atoms with Gasteiger partial charge in [-0.3, -0.25) is 4.79 Å². The molecule has 16 heavy (non-hydrogen) atoms. The summed E-state index contributed by atoms with van der Waals surface area (Å²) >= 11 is 0. The molecule has 0 bridgehead atoms. The number of carbonyl (C=O) groups is 1. The number of hydrogen-bond donors (Lipinski definition) is 0. The molecule has 1 heterocycles. The minimum Gasteiger partial charge on any atom is -0.331 e. The van der Waals surface area contributed by atoms with Crippen LogP contribution in [0, 0.1) is 5.82 Å². The molecule has 82 valence electrons. The van der Waals surface area contributed by atoms with Crippen molar-refractivity contribution in [1.29, 1.82) is 0 Å². The van der Waals surface area contributed by atoms with E-state index >= 15 is 0 Å². The third kappa shape index (κ3) is 2.13. The molecule has 0 radical (unpaired) electrons. The lowest BCUT2D eigenvalue weighted by Gasteiger charge is -1.97. The maximum Gasteiger partial charge on any atom is 0.293 e. The number of ketones is 1. The van der Waals surface area contributed by atoms with Crippen LogP contribution in [0.4, 0.5) is 4.39 Å². The minimum absolute atomic E-state index is 0.0497. The van der Waals surface area contributed by atoms with Gasteiger partial charge in [0.15, 0.2) is 5.82 Å². The Morgan fingerprint density at radius 3 is 2.81 bits per heavy atom. The molecule has 0 fully saturated rings. The van der Waals surface area contributed by atoms with E-state index in [2.05, 4.69) is 10.1 Å². The molecule has 0 unspecified atom stereocenters. The number of benzene rings is 1. The average Bonchev–Trinajstić information content (AvgIpc) is 2.70. The van der Waals surface area contributed by atoms with Gasteiger partial charge in [0.05, 0.1) is 0 Å². The summed E-state index contributed by atoms with van der Waals surface area (Å²) in [4.78, 5) is 14.8. The Labute approximate surface area is 91.1 Å². The van der Waals surface area contributed by atoms with Crippen molar-refractivity contribution in [1.82, 2.24) is 10.1 Å². The van der Waals surface area contributed by atoms with Gasteiger partial charge in [-0.25, -0.2) is 4.39 Å². The van der Waals surface area contributed by atoms with Gasteiger partial charge in [-0.15, -0.1) is 0 Å². The third-order valence-electron chi connectivity index (χ3n) is 2.08. The summed E-state index contributed by atoms with van der Waals surface area (Å²) < 4.78 is 18.0. The van der Waals surface area contributed by atoms with Gasteiger partial charge in [-0.05, 0) is 11.6 Å². The van der Waals surface area contributed by atoms with Gasteiger partial charge in [-0.2, -0.15) is 4.98 Å². The molecule has 0 aliphatic rings. The predicted molar refractivity (Wildman–Crippen MR) is 53.5 cm³/mol. The third-order valence-corrected chi connectivity index (χ3v) is 2.08. The Balaban J connectivity index is 2.21. The molecule has 0 atom stereocenters. The van der Waals surface area contributed by atoms with Crippen molar-refractivity contribution in [2.45, 2.75) is 13.3 Å². The second kappa shape index (κ2) is 4.22. The Kier molecular flexibility index (Phi) is 2.76. The van der Waals surface area contributed by atoms with Crippen LogP contribution >= 0.6 is 0 Å². The summed E-state index contributed by atoms with van der Waals surface area (Å²) in [6.45, 7) is 1.33. The number of Topliss-reactive ketones (excluding diaryl/α,β-unsaturated/α-hetero) is 1. The standard InChI is InChI=1S/C11H9FN2O2/c1-7(15)11-13-10(14-16-11)6-8-4-2-3-5-9(8)12/h2-5H,6H2,1H3. The molecule has 4 nitrogen and oxygen atoms in total. The van der Waals surface area contributed by atoms with Gasteiger partial charge in [0.1, 0.15) is 5.82 Å². The van der Waals surface area contributed by atoms with Crippen LogP contribution in [-0.2, 0) is 6.42 Å². The highest BCUT2D eigenvalue weighted by Gasteiger charge is 2.12. The molecular weight excluding hydrogens is 211 g/mol. The first-order valence-corrected chi connectivity index (χ1v) is 4.74. The molecular formula is C11H9FN2O2. The normalized spacial score (nSPS) is 10.4. The van der Waals surface area contributed by atoms with E-state index in [1.165, 1.54) is 13.0 Å². The zero-order valence-electron chi connectivity index (χ0n) is 8.61. The molecule has 0 saturated carbocycles. The highest BCUT2D eigenvalue weighted by molar-refractivity contribution is 5.89. The quantitative estimate of drug-likeness (QED) is 0.742. The van der Waals surface area contributed by atoms with Crippen molar-refractivity contribution in [3.05, 3.63) is 47.4 Å². The van der Waals surface area contributed by atoms with Crippen LogP contribution in [0.1, 0.15) is 29.0 Å². The minimum atomic E-state index is -0.323. The number of carbonyl (C=O) groups excluding carboxylic acids is 1. The predicted octanol–water partition coefficient (Wildman–Crippen LogP) is 2.00. The number of hydrogen-bond acceptors (Lipinski definition) is 4. The Bertz CT molecular complexity index is 522. The van der Waals surface area contributed by atoms with Crippen LogP contribution in [0.25, 0.3) is 0 Å². The molecule has 0 saturated heterocycles. The van der Waals surface area contributed by atoms with Gasteiger partial charge in [-0.1, -0.05) is 23.4 Å². The van der Waals surface area contributed by atoms with Crippen molar-refractivity contribution in [3.63, 3.8) is 0 Å². The average molecular weight is 220 g/mol. The Hall–Kier alpha value is -2.04. The lowest BCUT2D eigenvalue weighted by atomic mass is 10.1. The fraction of sp³-hybridized carbons (Fsp3) is 0.182. The molecule has 0 N–H and O–H groups in total. The van der Waals surface area contributed by atoms with Gasteiger partial charge < -0.3 is 4.52 Å². The van der Waals surface area contributed by atoms with E-state index in [1.807, 2.05) is 0 Å². The SMILES string of the molecule is CC(=O)c1nc(Cc2ccccc2F)no1. The highest BCUT2D eigenvalue weighted by atomic mass is 19.1.